The number of anilines is 1. The summed E-state index contributed by atoms with van der Waals surface area (Å²) in [5.41, 5.74) is 2.94. The molecule has 0 saturated heterocycles. The van der Waals surface area contributed by atoms with E-state index in [0.29, 0.717) is 11.1 Å². The van der Waals surface area contributed by atoms with Crippen molar-refractivity contribution in [1.82, 2.24) is 0 Å². The lowest BCUT2D eigenvalue weighted by atomic mass is 10.00. The average molecular weight is 415 g/mol. The van der Waals surface area contributed by atoms with Gasteiger partial charge in [0.15, 0.2) is 0 Å². The summed E-state index contributed by atoms with van der Waals surface area (Å²) in [4.78, 5) is 0. The highest BCUT2D eigenvalue weighted by Crippen LogP contribution is 2.37. The quantitative estimate of drug-likeness (QED) is 0.690. The fourth-order valence-corrected chi connectivity index (χ4v) is 3.23. The Morgan fingerprint density at radius 3 is 2.86 bits per heavy atom. The number of rotatable bonds is 2. The van der Waals surface area contributed by atoms with Crippen LogP contribution in [0.1, 0.15) is 23.6 Å². The molecule has 1 heterocycles. The maximum absolute atomic E-state index is 13.5. The topological polar surface area (TPSA) is 21.3 Å². The highest BCUT2D eigenvalue weighted by atomic mass is 79.9. The smallest absolute Gasteiger partial charge is 0.137 e. The van der Waals surface area contributed by atoms with Gasteiger partial charge in [-0.15, -0.1) is 0 Å². The van der Waals surface area contributed by atoms with Crippen LogP contribution in [-0.4, -0.2) is 6.61 Å². The van der Waals surface area contributed by atoms with Crippen LogP contribution in [0.25, 0.3) is 0 Å². The lowest BCUT2D eigenvalue weighted by molar-refractivity contribution is 0.274. The van der Waals surface area contributed by atoms with E-state index in [2.05, 4.69) is 43.2 Å². The standard InChI is InChI=1S/C16H14Br2FNO/c1-9-6-13(19)12(18)8-15(9)20-14-4-5-21-16-3-2-10(17)7-11(14)16/h2-3,6-8,14,20H,4-5H2,1H3. The van der Waals surface area contributed by atoms with Gasteiger partial charge in [0.2, 0.25) is 0 Å². The van der Waals surface area contributed by atoms with Crippen molar-refractivity contribution >= 4 is 37.5 Å². The molecule has 5 heteroatoms. The fraction of sp³-hybridized carbons (Fsp3) is 0.250. The maximum atomic E-state index is 13.5. The first-order chi connectivity index (χ1) is 10.0. The van der Waals surface area contributed by atoms with Gasteiger partial charge in [0.1, 0.15) is 11.6 Å². The molecule has 1 unspecified atom stereocenters. The maximum Gasteiger partial charge on any atom is 0.137 e. The highest BCUT2D eigenvalue weighted by Gasteiger charge is 2.22. The van der Waals surface area contributed by atoms with Gasteiger partial charge in [-0.3, -0.25) is 0 Å². The third-order valence-electron chi connectivity index (χ3n) is 3.61. The fourth-order valence-electron chi connectivity index (χ4n) is 2.50. The van der Waals surface area contributed by atoms with Gasteiger partial charge in [0, 0.05) is 22.1 Å². The Morgan fingerprint density at radius 2 is 2.05 bits per heavy atom. The van der Waals surface area contributed by atoms with Crippen LogP contribution < -0.4 is 10.1 Å². The van der Waals surface area contributed by atoms with E-state index < -0.39 is 0 Å². The van der Waals surface area contributed by atoms with Crippen molar-refractivity contribution in [3.05, 3.63) is 56.2 Å². The van der Waals surface area contributed by atoms with Gasteiger partial charge < -0.3 is 10.1 Å². The number of hydrogen-bond acceptors (Lipinski definition) is 2. The summed E-state index contributed by atoms with van der Waals surface area (Å²) >= 11 is 6.74. The molecule has 0 radical (unpaired) electrons. The van der Waals surface area contributed by atoms with Crippen LogP contribution in [0.15, 0.2) is 39.3 Å². The summed E-state index contributed by atoms with van der Waals surface area (Å²) < 4.78 is 20.7. The molecule has 1 aliphatic rings. The summed E-state index contributed by atoms with van der Waals surface area (Å²) in [5.74, 6) is 0.661. The van der Waals surface area contributed by atoms with Gasteiger partial charge in [-0.25, -0.2) is 4.39 Å². The molecule has 1 N–H and O–H groups in total. The number of fused-ring (bicyclic) bond motifs is 1. The van der Waals surface area contributed by atoms with Crippen LogP contribution >= 0.6 is 31.9 Å². The summed E-state index contributed by atoms with van der Waals surface area (Å²) in [6, 6.07) is 9.50. The molecule has 2 aromatic rings. The molecule has 0 saturated carbocycles. The molecule has 1 aliphatic heterocycles. The molecule has 21 heavy (non-hydrogen) atoms. The first-order valence-electron chi connectivity index (χ1n) is 6.69. The lowest BCUT2D eigenvalue weighted by Gasteiger charge is -2.28. The second kappa shape index (κ2) is 5.97. The Balaban J connectivity index is 1.93. The molecule has 0 aliphatic carbocycles. The number of nitrogens with one attached hydrogen (secondary N) is 1. The number of halogens is 3. The molecule has 110 valence electrons. The van der Waals surface area contributed by atoms with Crippen molar-refractivity contribution in [2.45, 2.75) is 19.4 Å². The van der Waals surface area contributed by atoms with E-state index in [4.69, 9.17) is 4.74 Å². The largest absolute Gasteiger partial charge is 0.493 e. The van der Waals surface area contributed by atoms with Crippen molar-refractivity contribution in [1.29, 1.82) is 0 Å². The van der Waals surface area contributed by atoms with Gasteiger partial charge in [-0.05, 0) is 58.7 Å². The second-order valence-corrected chi connectivity index (χ2v) is 6.87. The molecule has 2 nitrogen and oxygen atoms in total. The third-order valence-corrected chi connectivity index (χ3v) is 4.71. The summed E-state index contributed by atoms with van der Waals surface area (Å²) in [6.07, 6.45) is 0.873. The zero-order valence-electron chi connectivity index (χ0n) is 11.4. The molecule has 2 aromatic carbocycles. The molecule has 0 spiro atoms. The molecule has 0 aromatic heterocycles. The molecule has 1 atom stereocenters. The Labute approximate surface area is 140 Å². The van der Waals surface area contributed by atoms with Gasteiger partial charge in [0.05, 0.1) is 17.1 Å². The normalized spacial score (nSPS) is 17.0. The van der Waals surface area contributed by atoms with E-state index in [1.807, 2.05) is 19.1 Å². The van der Waals surface area contributed by atoms with Crippen molar-refractivity contribution in [2.75, 3.05) is 11.9 Å². The van der Waals surface area contributed by atoms with Gasteiger partial charge in [0.25, 0.3) is 0 Å². The van der Waals surface area contributed by atoms with Crippen LogP contribution in [0.5, 0.6) is 5.75 Å². The van der Waals surface area contributed by atoms with E-state index in [-0.39, 0.29) is 11.9 Å². The Kier molecular flexibility index (Phi) is 4.22. The van der Waals surface area contributed by atoms with Crippen LogP contribution in [-0.2, 0) is 0 Å². The van der Waals surface area contributed by atoms with Gasteiger partial charge in [-0.1, -0.05) is 15.9 Å². The number of hydrogen-bond donors (Lipinski definition) is 1. The summed E-state index contributed by atoms with van der Waals surface area (Å²) in [5, 5.41) is 3.50. The van der Waals surface area contributed by atoms with Crippen LogP contribution in [0.4, 0.5) is 10.1 Å². The molecule has 3 rings (SSSR count). The van der Waals surface area contributed by atoms with Crippen LogP contribution in [0, 0.1) is 12.7 Å². The first kappa shape index (κ1) is 14.9. The number of aryl methyl sites for hydroxylation is 1. The summed E-state index contributed by atoms with van der Waals surface area (Å²) in [7, 11) is 0. The molecule has 0 fully saturated rings. The van der Waals surface area contributed by atoms with Crippen LogP contribution in [0.2, 0.25) is 0 Å². The highest BCUT2D eigenvalue weighted by molar-refractivity contribution is 9.10. The molecule has 0 bridgehead atoms. The Bertz CT molecular complexity index is 690. The van der Waals surface area contributed by atoms with E-state index in [1.54, 1.807) is 6.07 Å². The first-order valence-corrected chi connectivity index (χ1v) is 8.27. The number of benzene rings is 2. The van der Waals surface area contributed by atoms with Crippen molar-refractivity contribution in [2.24, 2.45) is 0 Å². The zero-order valence-corrected chi connectivity index (χ0v) is 14.6. The van der Waals surface area contributed by atoms with E-state index in [0.717, 1.165) is 33.5 Å². The lowest BCUT2D eigenvalue weighted by Crippen LogP contribution is -2.20. The number of ether oxygens (including phenoxy) is 1. The molecule has 0 amide bonds. The molecular formula is C16H14Br2FNO. The third kappa shape index (κ3) is 3.09. The SMILES string of the molecule is Cc1cc(F)c(Br)cc1NC1CCOc2ccc(Br)cc21. The predicted octanol–water partition coefficient (Wildman–Crippen LogP) is 5.59. The monoisotopic (exact) mass is 413 g/mol. The minimum Gasteiger partial charge on any atom is -0.493 e. The summed E-state index contributed by atoms with van der Waals surface area (Å²) in [6.45, 7) is 2.58. The Morgan fingerprint density at radius 1 is 1.24 bits per heavy atom. The van der Waals surface area contributed by atoms with Crippen molar-refractivity contribution < 1.29 is 9.13 Å². The van der Waals surface area contributed by atoms with E-state index in [1.165, 1.54) is 6.07 Å². The van der Waals surface area contributed by atoms with Gasteiger partial charge >= 0.3 is 0 Å². The molecular weight excluding hydrogens is 401 g/mol. The van der Waals surface area contributed by atoms with Crippen LogP contribution in [0.3, 0.4) is 0 Å². The second-order valence-electron chi connectivity index (χ2n) is 5.10. The average Bonchev–Trinajstić information content (AvgIpc) is 2.45. The minimum atomic E-state index is -0.242. The van der Waals surface area contributed by atoms with E-state index in [9.17, 15) is 4.39 Å². The predicted molar refractivity (Wildman–Crippen MR) is 89.5 cm³/mol. The van der Waals surface area contributed by atoms with Gasteiger partial charge in [-0.2, -0.15) is 0 Å². The van der Waals surface area contributed by atoms with Crippen molar-refractivity contribution in [3.8, 4) is 5.75 Å². The van der Waals surface area contributed by atoms with Crippen molar-refractivity contribution in [3.63, 3.8) is 0 Å². The van der Waals surface area contributed by atoms with E-state index >= 15 is 0 Å². The minimum absolute atomic E-state index is 0.155. The Hall–Kier alpha value is -1.07. The zero-order chi connectivity index (χ0) is 15.0.